The van der Waals surface area contributed by atoms with Gasteiger partial charge in [0, 0.05) is 24.1 Å². The van der Waals surface area contributed by atoms with Crippen molar-refractivity contribution in [2.75, 3.05) is 19.7 Å². The van der Waals surface area contributed by atoms with Crippen LogP contribution in [0.5, 0.6) is 0 Å². The van der Waals surface area contributed by atoms with Gasteiger partial charge >= 0.3 is 0 Å². The molecule has 0 aliphatic carbocycles. The van der Waals surface area contributed by atoms with E-state index in [2.05, 4.69) is 26.0 Å². The maximum absolute atomic E-state index is 13.3. The minimum absolute atomic E-state index is 0.0603. The standard InChI is InChI=1S/C12H15BrFN3O2/c13-9-3-8(4-10(14)5-9)6-17-1-2-19-11(7-17)12(15)16-18/h3-5,11,18H,1-2,6-7H2,(H2,15,16). The quantitative estimate of drug-likeness (QED) is 0.381. The predicted octanol–water partition coefficient (Wildman–Crippen LogP) is 1.54. The van der Waals surface area contributed by atoms with Crippen LogP contribution in [0.4, 0.5) is 4.39 Å². The molecule has 1 unspecified atom stereocenters. The van der Waals surface area contributed by atoms with Crippen molar-refractivity contribution in [2.24, 2.45) is 10.9 Å². The molecule has 0 aromatic heterocycles. The predicted molar refractivity (Wildman–Crippen MR) is 72.5 cm³/mol. The lowest BCUT2D eigenvalue weighted by Crippen LogP contribution is -2.48. The molecule has 1 aromatic rings. The van der Waals surface area contributed by atoms with Crippen LogP contribution >= 0.6 is 15.9 Å². The first-order valence-electron chi connectivity index (χ1n) is 5.85. The minimum Gasteiger partial charge on any atom is -0.409 e. The number of hydrogen-bond donors (Lipinski definition) is 2. The summed E-state index contributed by atoms with van der Waals surface area (Å²) in [5, 5.41) is 11.6. The van der Waals surface area contributed by atoms with Crippen molar-refractivity contribution in [1.82, 2.24) is 4.90 Å². The van der Waals surface area contributed by atoms with Crippen molar-refractivity contribution in [1.29, 1.82) is 0 Å². The lowest BCUT2D eigenvalue weighted by atomic mass is 10.2. The van der Waals surface area contributed by atoms with E-state index in [0.717, 1.165) is 12.1 Å². The Morgan fingerprint density at radius 1 is 1.58 bits per heavy atom. The van der Waals surface area contributed by atoms with E-state index in [0.29, 0.717) is 24.2 Å². The molecule has 5 nitrogen and oxygen atoms in total. The Morgan fingerprint density at radius 3 is 3.05 bits per heavy atom. The Balaban J connectivity index is 2.02. The summed E-state index contributed by atoms with van der Waals surface area (Å²) in [6.07, 6.45) is -0.421. The third kappa shape index (κ3) is 3.89. The first-order valence-corrected chi connectivity index (χ1v) is 6.64. The van der Waals surface area contributed by atoms with Crippen LogP contribution in [0.3, 0.4) is 0 Å². The Hall–Kier alpha value is -1.18. The molecule has 104 valence electrons. The SMILES string of the molecule is NC(=NO)C1CN(Cc2cc(F)cc(Br)c2)CCO1. The van der Waals surface area contributed by atoms with Gasteiger partial charge in [0.05, 0.1) is 6.61 Å². The van der Waals surface area contributed by atoms with Crippen LogP contribution in [-0.2, 0) is 11.3 Å². The molecule has 7 heteroatoms. The molecule has 1 heterocycles. The summed E-state index contributed by atoms with van der Waals surface area (Å²) in [5.74, 6) is -0.212. The number of morpholine rings is 1. The smallest absolute Gasteiger partial charge is 0.169 e. The molecular formula is C12H15BrFN3O2. The molecule has 19 heavy (non-hydrogen) atoms. The molecule has 1 aliphatic heterocycles. The molecule has 1 aliphatic rings. The van der Waals surface area contributed by atoms with Gasteiger partial charge in [0.15, 0.2) is 5.84 Å². The first kappa shape index (κ1) is 14.2. The first-order chi connectivity index (χ1) is 9.08. The molecule has 0 bridgehead atoms. The number of nitrogens with zero attached hydrogens (tertiary/aromatic N) is 2. The maximum Gasteiger partial charge on any atom is 0.169 e. The van der Waals surface area contributed by atoms with E-state index in [1.807, 2.05) is 6.07 Å². The van der Waals surface area contributed by atoms with Crippen molar-refractivity contribution < 1.29 is 14.3 Å². The average molecular weight is 332 g/mol. The van der Waals surface area contributed by atoms with E-state index < -0.39 is 6.10 Å². The van der Waals surface area contributed by atoms with Crippen molar-refractivity contribution in [3.63, 3.8) is 0 Å². The number of rotatable bonds is 3. The van der Waals surface area contributed by atoms with Gasteiger partial charge in [-0.15, -0.1) is 0 Å². The van der Waals surface area contributed by atoms with E-state index >= 15 is 0 Å². The number of benzene rings is 1. The third-order valence-corrected chi connectivity index (χ3v) is 3.38. The molecule has 1 aromatic carbocycles. The van der Waals surface area contributed by atoms with Crippen LogP contribution in [-0.4, -0.2) is 41.7 Å². The highest BCUT2D eigenvalue weighted by Gasteiger charge is 2.24. The van der Waals surface area contributed by atoms with Crippen molar-refractivity contribution in [2.45, 2.75) is 12.6 Å². The number of amidine groups is 1. The van der Waals surface area contributed by atoms with Gasteiger partial charge in [-0.2, -0.15) is 0 Å². The van der Waals surface area contributed by atoms with Crippen molar-refractivity contribution >= 4 is 21.8 Å². The minimum atomic E-state index is -0.421. The molecule has 1 saturated heterocycles. The molecule has 0 saturated carbocycles. The van der Waals surface area contributed by atoms with Gasteiger partial charge in [0.25, 0.3) is 0 Å². The number of hydrogen-bond acceptors (Lipinski definition) is 4. The van der Waals surface area contributed by atoms with Crippen LogP contribution in [0.15, 0.2) is 27.8 Å². The summed E-state index contributed by atoms with van der Waals surface area (Å²) in [4.78, 5) is 2.08. The molecule has 0 amide bonds. The summed E-state index contributed by atoms with van der Waals surface area (Å²) in [6.45, 7) is 2.33. The second kappa shape index (κ2) is 6.31. The van der Waals surface area contributed by atoms with Crippen LogP contribution in [0.1, 0.15) is 5.56 Å². The van der Waals surface area contributed by atoms with Gasteiger partial charge in [-0.3, -0.25) is 4.90 Å². The van der Waals surface area contributed by atoms with E-state index in [9.17, 15) is 4.39 Å². The van der Waals surface area contributed by atoms with E-state index in [1.54, 1.807) is 0 Å². The zero-order valence-corrected chi connectivity index (χ0v) is 11.8. The summed E-state index contributed by atoms with van der Waals surface area (Å²) in [6, 6.07) is 4.79. The Labute approximate surface area is 119 Å². The number of oxime groups is 1. The van der Waals surface area contributed by atoms with Crippen molar-refractivity contribution in [3.05, 3.63) is 34.1 Å². The summed E-state index contributed by atoms with van der Waals surface area (Å²) >= 11 is 3.27. The van der Waals surface area contributed by atoms with Crippen LogP contribution in [0, 0.1) is 5.82 Å². The molecule has 3 N–H and O–H groups in total. The highest BCUT2D eigenvalue weighted by molar-refractivity contribution is 9.10. The molecule has 0 radical (unpaired) electrons. The Morgan fingerprint density at radius 2 is 2.37 bits per heavy atom. The molecular weight excluding hydrogens is 317 g/mol. The Bertz CT molecular complexity index is 464. The fourth-order valence-electron chi connectivity index (χ4n) is 2.05. The largest absolute Gasteiger partial charge is 0.409 e. The van der Waals surface area contributed by atoms with Gasteiger partial charge in [-0.05, 0) is 23.8 Å². The third-order valence-electron chi connectivity index (χ3n) is 2.92. The maximum atomic E-state index is 13.3. The molecule has 1 fully saturated rings. The van der Waals surface area contributed by atoms with E-state index in [1.165, 1.54) is 12.1 Å². The second-order valence-corrected chi connectivity index (χ2v) is 5.31. The van der Waals surface area contributed by atoms with E-state index in [-0.39, 0.29) is 11.7 Å². The number of halogens is 2. The number of nitrogens with two attached hydrogens (primary N) is 1. The fraction of sp³-hybridized carbons (Fsp3) is 0.417. The highest BCUT2D eigenvalue weighted by Crippen LogP contribution is 2.17. The summed E-state index contributed by atoms with van der Waals surface area (Å²) in [7, 11) is 0. The van der Waals surface area contributed by atoms with Gasteiger partial charge in [0.1, 0.15) is 11.9 Å². The van der Waals surface area contributed by atoms with Crippen molar-refractivity contribution in [3.8, 4) is 0 Å². The Kier molecular flexibility index (Phi) is 4.73. The number of ether oxygens (including phenoxy) is 1. The molecule has 0 spiro atoms. The summed E-state index contributed by atoms with van der Waals surface area (Å²) < 4.78 is 19.4. The zero-order chi connectivity index (χ0) is 13.8. The second-order valence-electron chi connectivity index (χ2n) is 4.40. The van der Waals surface area contributed by atoms with Crippen LogP contribution in [0.2, 0.25) is 0 Å². The lowest BCUT2D eigenvalue weighted by molar-refractivity contribution is 0.00138. The summed E-state index contributed by atoms with van der Waals surface area (Å²) in [5.41, 5.74) is 6.40. The molecule has 2 rings (SSSR count). The fourth-order valence-corrected chi connectivity index (χ4v) is 2.56. The van der Waals surface area contributed by atoms with Gasteiger partial charge in [-0.25, -0.2) is 4.39 Å². The lowest BCUT2D eigenvalue weighted by Gasteiger charge is -2.32. The highest BCUT2D eigenvalue weighted by atomic mass is 79.9. The van der Waals surface area contributed by atoms with Gasteiger partial charge in [0.2, 0.25) is 0 Å². The van der Waals surface area contributed by atoms with Crippen LogP contribution < -0.4 is 5.73 Å². The monoisotopic (exact) mass is 331 g/mol. The topological polar surface area (TPSA) is 71.1 Å². The normalized spacial score (nSPS) is 21.6. The van der Waals surface area contributed by atoms with Crippen LogP contribution in [0.25, 0.3) is 0 Å². The molecule has 1 atom stereocenters. The van der Waals surface area contributed by atoms with E-state index in [4.69, 9.17) is 15.7 Å². The zero-order valence-electron chi connectivity index (χ0n) is 10.2. The van der Waals surface area contributed by atoms with Gasteiger partial charge < -0.3 is 15.7 Å². The average Bonchev–Trinajstić information content (AvgIpc) is 2.37. The van der Waals surface area contributed by atoms with Gasteiger partial charge in [-0.1, -0.05) is 21.1 Å².